The molecule has 0 aliphatic rings. The second kappa shape index (κ2) is 3.99. The molecule has 0 amide bonds. The first-order valence-electron chi connectivity index (χ1n) is 1.88. The summed E-state index contributed by atoms with van der Waals surface area (Å²) in [4.78, 5) is 10.4. The lowest BCUT2D eigenvalue weighted by Gasteiger charge is -1.93. The molecule has 0 unspecified atom stereocenters. The number of carbonyl (C=O) groups is 1. The predicted molar refractivity (Wildman–Crippen MR) is 36.6 cm³/mol. The summed E-state index contributed by atoms with van der Waals surface area (Å²) < 4.78 is 3.89. The fourth-order valence-electron chi connectivity index (χ4n) is 0.167. The molecule has 0 aliphatic carbocycles. The van der Waals surface area contributed by atoms with Gasteiger partial charge in [0.05, 0.1) is 7.11 Å². The SMILES string of the molecule is COC(=O)C(Cl)=C(Cl)Cl. The first-order valence-corrected chi connectivity index (χ1v) is 3.02. The molecular formula is C4H3Cl3O2. The van der Waals surface area contributed by atoms with Gasteiger partial charge in [0.25, 0.3) is 0 Å². The van der Waals surface area contributed by atoms with Gasteiger partial charge in [-0.15, -0.1) is 0 Å². The molecule has 0 bridgehead atoms. The molecule has 0 saturated carbocycles. The summed E-state index contributed by atoms with van der Waals surface area (Å²) in [6.45, 7) is 0. The van der Waals surface area contributed by atoms with Gasteiger partial charge in [0, 0.05) is 0 Å². The smallest absolute Gasteiger partial charge is 0.351 e. The summed E-state index contributed by atoms with van der Waals surface area (Å²) in [6.07, 6.45) is 0. The highest BCUT2D eigenvalue weighted by Gasteiger charge is 2.09. The van der Waals surface area contributed by atoms with Crippen LogP contribution in [0.3, 0.4) is 0 Å². The zero-order chi connectivity index (χ0) is 7.44. The second-order valence-corrected chi connectivity index (χ2v) is 2.39. The van der Waals surface area contributed by atoms with E-state index in [2.05, 4.69) is 4.74 Å². The van der Waals surface area contributed by atoms with Crippen molar-refractivity contribution in [1.82, 2.24) is 0 Å². The Morgan fingerprint density at radius 1 is 1.33 bits per heavy atom. The van der Waals surface area contributed by atoms with E-state index in [-0.39, 0.29) is 9.52 Å². The molecule has 0 aromatic carbocycles. The van der Waals surface area contributed by atoms with Gasteiger partial charge >= 0.3 is 5.97 Å². The van der Waals surface area contributed by atoms with Gasteiger partial charge in [-0.3, -0.25) is 0 Å². The van der Waals surface area contributed by atoms with Crippen LogP contribution in [0.4, 0.5) is 0 Å². The highest BCUT2D eigenvalue weighted by molar-refractivity contribution is 6.62. The van der Waals surface area contributed by atoms with Gasteiger partial charge in [0.15, 0.2) is 5.03 Å². The van der Waals surface area contributed by atoms with Crippen LogP contribution in [0.5, 0.6) is 0 Å². The minimum Gasteiger partial charge on any atom is -0.465 e. The Hall–Kier alpha value is 0.0800. The lowest BCUT2D eigenvalue weighted by Crippen LogP contribution is -1.99. The van der Waals surface area contributed by atoms with E-state index in [4.69, 9.17) is 34.8 Å². The fourth-order valence-corrected chi connectivity index (χ4v) is 0.398. The zero-order valence-corrected chi connectivity index (χ0v) is 6.72. The van der Waals surface area contributed by atoms with Crippen LogP contribution in [0.15, 0.2) is 9.52 Å². The van der Waals surface area contributed by atoms with Gasteiger partial charge in [0.2, 0.25) is 0 Å². The number of carbonyl (C=O) groups excluding carboxylic acids is 1. The lowest BCUT2D eigenvalue weighted by atomic mass is 10.6. The number of methoxy groups -OCH3 is 1. The van der Waals surface area contributed by atoms with Crippen molar-refractivity contribution >= 4 is 40.8 Å². The topological polar surface area (TPSA) is 26.3 Å². The molecule has 0 spiro atoms. The second-order valence-electron chi connectivity index (χ2n) is 1.07. The predicted octanol–water partition coefficient (Wildman–Crippen LogP) is 2.04. The van der Waals surface area contributed by atoms with E-state index in [0.29, 0.717) is 0 Å². The third-order valence-corrected chi connectivity index (χ3v) is 1.45. The quantitative estimate of drug-likeness (QED) is 0.466. The standard InChI is InChI=1S/C4H3Cl3O2/c1-9-4(8)2(5)3(6)7/h1H3. The fraction of sp³-hybridized carbons (Fsp3) is 0.250. The van der Waals surface area contributed by atoms with Crippen LogP contribution in [0.25, 0.3) is 0 Å². The van der Waals surface area contributed by atoms with E-state index in [1.165, 1.54) is 7.11 Å². The van der Waals surface area contributed by atoms with Gasteiger partial charge in [-0.05, 0) is 0 Å². The van der Waals surface area contributed by atoms with Crippen LogP contribution in [0.2, 0.25) is 0 Å². The maximum Gasteiger partial charge on any atom is 0.351 e. The van der Waals surface area contributed by atoms with Gasteiger partial charge in [-0.25, -0.2) is 4.79 Å². The zero-order valence-electron chi connectivity index (χ0n) is 4.45. The number of rotatable bonds is 1. The number of hydrogen-bond acceptors (Lipinski definition) is 2. The van der Waals surface area contributed by atoms with E-state index in [0.717, 1.165) is 0 Å². The van der Waals surface area contributed by atoms with Crippen molar-refractivity contribution in [2.24, 2.45) is 0 Å². The first-order chi connectivity index (χ1) is 4.09. The van der Waals surface area contributed by atoms with Crippen molar-refractivity contribution in [3.05, 3.63) is 9.52 Å². The molecule has 2 nitrogen and oxygen atoms in total. The third kappa shape index (κ3) is 2.94. The van der Waals surface area contributed by atoms with Crippen LogP contribution in [0.1, 0.15) is 0 Å². The van der Waals surface area contributed by atoms with Gasteiger partial charge in [-0.1, -0.05) is 34.8 Å². The first kappa shape index (κ1) is 9.08. The molecule has 0 aromatic rings. The van der Waals surface area contributed by atoms with E-state index in [1.54, 1.807) is 0 Å². The van der Waals surface area contributed by atoms with Gasteiger partial charge in [0.1, 0.15) is 4.49 Å². The Morgan fingerprint density at radius 2 is 1.78 bits per heavy atom. The third-order valence-electron chi connectivity index (χ3n) is 0.531. The molecule has 0 radical (unpaired) electrons. The maximum atomic E-state index is 10.4. The van der Waals surface area contributed by atoms with Crippen molar-refractivity contribution in [2.45, 2.75) is 0 Å². The average molecular weight is 189 g/mol. The van der Waals surface area contributed by atoms with Crippen molar-refractivity contribution in [3.63, 3.8) is 0 Å². The molecule has 0 heterocycles. The summed E-state index contributed by atoms with van der Waals surface area (Å²) in [5.41, 5.74) is 0. The molecule has 0 aliphatic heterocycles. The van der Waals surface area contributed by atoms with Gasteiger partial charge in [-0.2, -0.15) is 0 Å². The van der Waals surface area contributed by atoms with Crippen LogP contribution in [0, 0.1) is 0 Å². The van der Waals surface area contributed by atoms with E-state index >= 15 is 0 Å². The van der Waals surface area contributed by atoms with Crippen LogP contribution < -0.4 is 0 Å². The molecule has 0 N–H and O–H groups in total. The Kier molecular flexibility index (Phi) is 4.02. The Labute approximate surface area is 67.3 Å². The van der Waals surface area contributed by atoms with Crippen LogP contribution in [-0.2, 0) is 9.53 Å². The van der Waals surface area contributed by atoms with E-state index in [9.17, 15) is 4.79 Å². The number of hydrogen-bond donors (Lipinski definition) is 0. The normalized spacial score (nSPS) is 8.44. The van der Waals surface area contributed by atoms with Crippen LogP contribution >= 0.6 is 34.8 Å². The molecule has 0 aromatic heterocycles. The van der Waals surface area contributed by atoms with Crippen molar-refractivity contribution in [1.29, 1.82) is 0 Å². The van der Waals surface area contributed by atoms with Crippen LogP contribution in [-0.4, -0.2) is 13.1 Å². The van der Waals surface area contributed by atoms with E-state index < -0.39 is 5.97 Å². The summed E-state index contributed by atoms with van der Waals surface area (Å²) in [6, 6.07) is 0. The molecule has 0 saturated heterocycles. The van der Waals surface area contributed by atoms with E-state index in [1.807, 2.05) is 0 Å². The number of halogens is 3. The molecule has 52 valence electrons. The Bertz CT molecular complexity index is 148. The Balaban J connectivity index is 4.21. The minimum absolute atomic E-state index is 0.288. The summed E-state index contributed by atoms with van der Waals surface area (Å²) in [5, 5.41) is -0.305. The van der Waals surface area contributed by atoms with Crippen molar-refractivity contribution < 1.29 is 9.53 Å². The molecular weight excluding hydrogens is 186 g/mol. The molecule has 5 heteroatoms. The molecule has 0 fully saturated rings. The molecule has 9 heavy (non-hydrogen) atoms. The lowest BCUT2D eigenvalue weighted by molar-refractivity contribution is -0.135. The average Bonchev–Trinajstić information content (AvgIpc) is 1.84. The summed E-state index contributed by atoms with van der Waals surface area (Å²) in [7, 11) is 1.18. The monoisotopic (exact) mass is 188 g/mol. The minimum atomic E-state index is -0.739. The van der Waals surface area contributed by atoms with Crippen molar-refractivity contribution in [3.8, 4) is 0 Å². The summed E-state index contributed by atoms with van der Waals surface area (Å²) >= 11 is 15.4. The number of ether oxygens (including phenoxy) is 1. The Morgan fingerprint density at radius 3 is 1.89 bits per heavy atom. The highest BCUT2D eigenvalue weighted by Crippen LogP contribution is 2.18. The molecule has 0 rings (SSSR count). The summed E-state index contributed by atoms with van der Waals surface area (Å²) in [5.74, 6) is -0.739. The van der Waals surface area contributed by atoms with Crippen molar-refractivity contribution in [2.75, 3.05) is 7.11 Å². The maximum absolute atomic E-state index is 10.4. The highest BCUT2D eigenvalue weighted by atomic mass is 35.5. The molecule has 0 atom stereocenters. The van der Waals surface area contributed by atoms with Gasteiger partial charge < -0.3 is 4.74 Å². The largest absolute Gasteiger partial charge is 0.465 e. The number of esters is 1.